The summed E-state index contributed by atoms with van der Waals surface area (Å²) in [5, 5.41) is 16.6. The highest BCUT2D eigenvalue weighted by atomic mass is 32.1. The Morgan fingerprint density at radius 3 is 2.84 bits per heavy atom. The highest BCUT2D eigenvalue weighted by Crippen LogP contribution is 2.24. The van der Waals surface area contributed by atoms with Gasteiger partial charge in [0.05, 0.1) is 0 Å². The van der Waals surface area contributed by atoms with Crippen molar-refractivity contribution in [3.63, 3.8) is 0 Å². The normalized spacial score (nSPS) is 17.0. The van der Waals surface area contributed by atoms with Crippen LogP contribution in [0.25, 0.3) is 10.8 Å². The number of nitrogens with zero attached hydrogens (tertiary/aromatic N) is 2. The smallest absolute Gasteiger partial charge is 0.245 e. The first kappa shape index (κ1) is 15.7. The van der Waals surface area contributed by atoms with E-state index in [1.807, 2.05) is 34.5 Å². The lowest BCUT2D eigenvalue weighted by Gasteiger charge is -2.17. The number of carbonyl (C=O) groups excluding carboxylic acids is 1. The molecule has 1 aliphatic heterocycles. The SMILES string of the molecule is N#Cc1cc(CN2CC[C@H](Nc3ccc4ccccc4c3)C2=O)cs1. The molecule has 0 aliphatic carbocycles. The van der Waals surface area contributed by atoms with E-state index in [1.165, 1.54) is 16.7 Å². The zero-order chi connectivity index (χ0) is 17.2. The number of fused-ring (bicyclic) bond motifs is 1. The van der Waals surface area contributed by atoms with Crippen LogP contribution >= 0.6 is 11.3 Å². The van der Waals surface area contributed by atoms with Crippen molar-refractivity contribution >= 4 is 33.7 Å². The Labute approximate surface area is 150 Å². The molecule has 1 aromatic heterocycles. The van der Waals surface area contributed by atoms with Crippen molar-refractivity contribution in [2.24, 2.45) is 0 Å². The fourth-order valence-corrected chi connectivity index (χ4v) is 3.94. The molecule has 1 aliphatic rings. The fourth-order valence-electron chi connectivity index (χ4n) is 3.25. The maximum absolute atomic E-state index is 12.7. The lowest BCUT2D eigenvalue weighted by atomic mass is 10.1. The van der Waals surface area contributed by atoms with Crippen LogP contribution in [0.1, 0.15) is 16.9 Å². The lowest BCUT2D eigenvalue weighted by molar-refractivity contribution is -0.128. The molecule has 0 radical (unpaired) electrons. The molecule has 1 amide bonds. The first-order chi connectivity index (χ1) is 12.2. The number of nitrogens with one attached hydrogen (secondary N) is 1. The summed E-state index contributed by atoms with van der Waals surface area (Å²) < 4.78 is 0. The zero-order valence-electron chi connectivity index (χ0n) is 13.6. The van der Waals surface area contributed by atoms with E-state index in [-0.39, 0.29) is 11.9 Å². The van der Waals surface area contributed by atoms with E-state index in [2.05, 4.69) is 35.7 Å². The van der Waals surface area contributed by atoms with E-state index in [9.17, 15) is 4.79 Å². The van der Waals surface area contributed by atoms with Crippen LogP contribution in [-0.2, 0) is 11.3 Å². The fraction of sp³-hybridized carbons (Fsp3) is 0.200. The Morgan fingerprint density at radius 1 is 1.20 bits per heavy atom. The molecule has 4 nitrogen and oxygen atoms in total. The average Bonchev–Trinajstić information content (AvgIpc) is 3.23. The number of anilines is 1. The molecule has 3 aromatic rings. The maximum atomic E-state index is 12.7. The number of rotatable bonds is 4. The third-order valence-electron chi connectivity index (χ3n) is 4.53. The van der Waals surface area contributed by atoms with Crippen LogP contribution in [-0.4, -0.2) is 23.4 Å². The highest BCUT2D eigenvalue weighted by Gasteiger charge is 2.31. The van der Waals surface area contributed by atoms with Gasteiger partial charge < -0.3 is 10.2 Å². The molecule has 1 N–H and O–H groups in total. The molecule has 0 unspecified atom stereocenters. The van der Waals surface area contributed by atoms with Crippen LogP contribution < -0.4 is 5.32 Å². The first-order valence-corrected chi connectivity index (χ1v) is 9.12. The van der Waals surface area contributed by atoms with E-state index >= 15 is 0 Å². The largest absolute Gasteiger partial charge is 0.374 e. The van der Waals surface area contributed by atoms with Gasteiger partial charge in [0.2, 0.25) is 5.91 Å². The number of amides is 1. The molecule has 4 rings (SSSR count). The summed E-state index contributed by atoms with van der Waals surface area (Å²) in [5.74, 6) is 0.123. The van der Waals surface area contributed by atoms with Gasteiger partial charge >= 0.3 is 0 Å². The predicted molar refractivity (Wildman–Crippen MR) is 100 cm³/mol. The summed E-state index contributed by atoms with van der Waals surface area (Å²) in [4.78, 5) is 15.2. The van der Waals surface area contributed by atoms with E-state index in [4.69, 9.17) is 5.26 Å². The van der Waals surface area contributed by atoms with Gasteiger partial charge in [-0.05, 0) is 46.3 Å². The molecule has 5 heteroatoms. The van der Waals surface area contributed by atoms with Gasteiger partial charge in [-0.2, -0.15) is 5.26 Å². The summed E-state index contributed by atoms with van der Waals surface area (Å²) >= 11 is 1.42. The maximum Gasteiger partial charge on any atom is 0.245 e. The predicted octanol–water partition coefficient (Wildman–Crippen LogP) is 3.99. The van der Waals surface area contributed by atoms with Crippen LogP contribution in [0.2, 0.25) is 0 Å². The molecule has 0 bridgehead atoms. The highest BCUT2D eigenvalue weighted by molar-refractivity contribution is 7.10. The topological polar surface area (TPSA) is 56.1 Å². The quantitative estimate of drug-likeness (QED) is 0.776. The molecule has 1 atom stereocenters. The number of likely N-dealkylation sites (tertiary alicyclic amines) is 1. The minimum absolute atomic E-state index is 0.123. The minimum Gasteiger partial charge on any atom is -0.374 e. The number of nitriles is 1. The average molecular weight is 347 g/mol. The number of benzene rings is 2. The third kappa shape index (κ3) is 3.21. The summed E-state index contributed by atoms with van der Waals surface area (Å²) in [6.07, 6.45) is 0.793. The van der Waals surface area contributed by atoms with Crippen molar-refractivity contribution in [1.82, 2.24) is 4.90 Å². The van der Waals surface area contributed by atoms with Crippen LogP contribution in [0.4, 0.5) is 5.69 Å². The lowest BCUT2D eigenvalue weighted by Crippen LogP contribution is -2.33. The Morgan fingerprint density at radius 2 is 2.04 bits per heavy atom. The monoisotopic (exact) mass is 347 g/mol. The molecule has 124 valence electrons. The summed E-state index contributed by atoms with van der Waals surface area (Å²) in [6.45, 7) is 1.31. The molecular formula is C20H17N3OS. The van der Waals surface area contributed by atoms with Crippen molar-refractivity contribution in [2.45, 2.75) is 19.0 Å². The summed E-state index contributed by atoms with van der Waals surface area (Å²) in [6, 6.07) is 18.2. The third-order valence-corrected chi connectivity index (χ3v) is 5.41. The molecular weight excluding hydrogens is 330 g/mol. The number of hydrogen-bond donors (Lipinski definition) is 1. The Balaban J connectivity index is 1.44. The number of hydrogen-bond acceptors (Lipinski definition) is 4. The van der Waals surface area contributed by atoms with Gasteiger partial charge in [-0.1, -0.05) is 30.3 Å². The number of carbonyl (C=O) groups is 1. The summed E-state index contributed by atoms with van der Waals surface area (Å²) in [7, 11) is 0. The molecule has 1 saturated heterocycles. The van der Waals surface area contributed by atoms with Crippen molar-refractivity contribution in [2.75, 3.05) is 11.9 Å². The van der Waals surface area contributed by atoms with E-state index in [0.29, 0.717) is 11.4 Å². The van der Waals surface area contributed by atoms with Gasteiger partial charge in [-0.3, -0.25) is 4.79 Å². The first-order valence-electron chi connectivity index (χ1n) is 8.24. The van der Waals surface area contributed by atoms with Gasteiger partial charge in [0.25, 0.3) is 0 Å². The standard InChI is InChI=1S/C20H17N3OS/c21-11-18-9-14(13-25-18)12-23-8-7-19(20(23)24)22-17-6-5-15-3-1-2-4-16(15)10-17/h1-6,9-10,13,19,22H,7-8,12H2/t19-/m0/s1. The van der Waals surface area contributed by atoms with Gasteiger partial charge in [0.15, 0.2) is 0 Å². The van der Waals surface area contributed by atoms with Crippen LogP contribution in [0.5, 0.6) is 0 Å². The Hall–Kier alpha value is -2.84. The Kier molecular flexibility index (Phi) is 4.12. The van der Waals surface area contributed by atoms with Crippen molar-refractivity contribution in [3.05, 3.63) is 64.4 Å². The van der Waals surface area contributed by atoms with E-state index < -0.39 is 0 Å². The van der Waals surface area contributed by atoms with Gasteiger partial charge in [-0.15, -0.1) is 11.3 Å². The van der Waals surface area contributed by atoms with Gasteiger partial charge in [0, 0.05) is 18.8 Å². The summed E-state index contributed by atoms with van der Waals surface area (Å²) in [5.41, 5.74) is 2.00. The molecule has 0 spiro atoms. The van der Waals surface area contributed by atoms with Crippen molar-refractivity contribution < 1.29 is 4.79 Å². The van der Waals surface area contributed by atoms with Crippen LogP contribution in [0, 0.1) is 11.3 Å². The van der Waals surface area contributed by atoms with Gasteiger partial charge in [-0.25, -0.2) is 0 Å². The second-order valence-corrected chi connectivity index (χ2v) is 7.15. The number of thiophene rings is 1. The van der Waals surface area contributed by atoms with Crippen LogP contribution in [0.3, 0.4) is 0 Å². The van der Waals surface area contributed by atoms with Crippen molar-refractivity contribution in [1.29, 1.82) is 5.26 Å². The molecule has 2 aromatic carbocycles. The van der Waals surface area contributed by atoms with E-state index in [1.54, 1.807) is 0 Å². The second-order valence-electron chi connectivity index (χ2n) is 6.24. The Bertz CT molecular complexity index is 972. The molecule has 2 heterocycles. The van der Waals surface area contributed by atoms with Gasteiger partial charge in [0.1, 0.15) is 17.0 Å². The molecule has 0 saturated carbocycles. The minimum atomic E-state index is -0.185. The van der Waals surface area contributed by atoms with Crippen molar-refractivity contribution in [3.8, 4) is 6.07 Å². The van der Waals surface area contributed by atoms with Crippen LogP contribution in [0.15, 0.2) is 53.9 Å². The zero-order valence-corrected chi connectivity index (χ0v) is 14.4. The second kappa shape index (κ2) is 6.58. The molecule has 25 heavy (non-hydrogen) atoms. The molecule has 1 fully saturated rings. The van der Waals surface area contributed by atoms with E-state index in [0.717, 1.165) is 29.6 Å².